The molecule has 1 rings (SSSR count). The molecule has 74 valence electrons. The largest absolute Gasteiger partial charge is 0.394 e. The minimum absolute atomic E-state index is 0.0253. The molecule has 0 aliphatic carbocycles. The van der Waals surface area contributed by atoms with Crippen molar-refractivity contribution in [1.29, 1.82) is 5.26 Å². The lowest BCUT2D eigenvalue weighted by Crippen LogP contribution is -2.20. The molecule has 4 heteroatoms. The summed E-state index contributed by atoms with van der Waals surface area (Å²) in [7, 11) is 0. The van der Waals surface area contributed by atoms with Crippen molar-refractivity contribution in [1.82, 2.24) is 4.98 Å². The molecule has 2 N–H and O–H groups in total. The van der Waals surface area contributed by atoms with Crippen LogP contribution >= 0.6 is 0 Å². The number of aromatic nitrogens is 1. The molecule has 0 bridgehead atoms. The molecule has 4 nitrogen and oxygen atoms in total. The van der Waals surface area contributed by atoms with E-state index < -0.39 is 0 Å². The van der Waals surface area contributed by atoms with Gasteiger partial charge in [-0.15, -0.1) is 0 Å². The maximum Gasteiger partial charge on any atom is 0.142 e. The first-order valence-corrected chi connectivity index (χ1v) is 4.41. The number of hydrogen-bond donors (Lipinski definition) is 2. The van der Waals surface area contributed by atoms with Gasteiger partial charge in [-0.2, -0.15) is 5.26 Å². The number of nitrogens with zero attached hydrogens (tertiary/aromatic N) is 2. The van der Waals surface area contributed by atoms with E-state index in [1.807, 2.05) is 19.9 Å². The third kappa shape index (κ3) is 2.44. The topological polar surface area (TPSA) is 68.9 Å². The number of hydrogen-bond acceptors (Lipinski definition) is 4. The summed E-state index contributed by atoms with van der Waals surface area (Å²) in [6.45, 7) is 3.83. The van der Waals surface area contributed by atoms with Gasteiger partial charge < -0.3 is 10.4 Å². The second kappa shape index (κ2) is 4.58. The fourth-order valence-electron chi connectivity index (χ4n) is 1.05. The van der Waals surface area contributed by atoms with Crippen LogP contribution < -0.4 is 5.32 Å². The number of aryl methyl sites for hydroxylation is 1. The molecule has 0 aliphatic heterocycles. The van der Waals surface area contributed by atoms with E-state index in [9.17, 15) is 0 Å². The number of anilines is 1. The zero-order chi connectivity index (χ0) is 10.6. The summed E-state index contributed by atoms with van der Waals surface area (Å²) in [5, 5.41) is 20.6. The molecule has 1 heterocycles. The van der Waals surface area contributed by atoms with E-state index in [1.54, 1.807) is 12.3 Å². The average molecular weight is 191 g/mol. The highest BCUT2D eigenvalue weighted by molar-refractivity contribution is 5.52. The summed E-state index contributed by atoms with van der Waals surface area (Å²) in [4.78, 5) is 3.93. The zero-order valence-electron chi connectivity index (χ0n) is 8.28. The van der Waals surface area contributed by atoms with Crippen molar-refractivity contribution in [3.63, 3.8) is 0 Å². The minimum Gasteiger partial charge on any atom is -0.394 e. The van der Waals surface area contributed by atoms with Crippen LogP contribution in [-0.4, -0.2) is 22.7 Å². The fourth-order valence-corrected chi connectivity index (χ4v) is 1.05. The van der Waals surface area contributed by atoms with E-state index in [4.69, 9.17) is 10.4 Å². The highest BCUT2D eigenvalue weighted by atomic mass is 16.3. The second-order valence-corrected chi connectivity index (χ2v) is 3.22. The Morgan fingerprint density at radius 2 is 2.43 bits per heavy atom. The van der Waals surface area contributed by atoms with Crippen molar-refractivity contribution in [3.05, 3.63) is 23.5 Å². The predicted molar refractivity (Wildman–Crippen MR) is 53.9 cm³/mol. The minimum atomic E-state index is -0.0253. The molecule has 0 unspecified atom stereocenters. The Balaban J connectivity index is 2.90. The highest BCUT2D eigenvalue weighted by Crippen LogP contribution is 2.15. The molecule has 0 amide bonds. The zero-order valence-corrected chi connectivity index (χ0v) is 8.28. The van der Waals surface area contributed by atoms with Crippen LogP contribution in [0.4, 0.5) is 5.69 Å². The quantitative estimate of drug-likeness (QED) is 0.749. The van der Waals surface area contributed by atoms with Gasteiger partial charge in [-0.25, -0.2) is 4.98 Å². The Kier molecular flexibility index (Phi) is 3.43. The molecule has 1 atom stereocenters. The van der Waals surface area contributed by atoms with Crippen molar-refractivity contribution < 1.29 is 5.11 Å². The molecule has 14 heavy (non-hydrogen) atoms. The molecule has 0 aliphatic rings. The molecule has 0 aromatic carbocycles. The Morgan fingerprint density at radius 1 is 1.71 bits per heavy atom. The van der Waals surface area contributed by atoms with Crippen molar-refractivity contribution in [2.75, 3.05) is 11.9 Å². The molecular formula is C10H13N3O. The third-order valence-electron chi connectivity index (χ3n) is 1.89. The predicted octanol–water partition coefficient (Wildman–Crippen LogP) is 1.05. The Morgan fingerprint density at radius 3 is 3.00 bits per heavy atom. The van der Waals surface area contributed by atoms with Crippen LogP contribution in [0.1, 0.15) is 18.2 Å². The molecule has 1 aromatic heterocycles. The van der Waals surface area contributed by atoms with Crippen LogP contribution in [0.2, 0.25) is 0 Å². The van der Waals surface area contributed by atoms with Crippen molar-refractivity contribution >= 4 is 5.69 Å². The summed E-state index contributed by atoms with van der Waals surface area (Å²) >= 11 is 0. The van der Waals surface area contributed by atoms with Crippen LogP contribution in [0.5, 0.6) is 0 Å². The molecule has 1 aromatic rings. The summed E-state index contributed by atoms with van der Waals surface area (Å²) in [5.41, 5.74) is 2.19. The summed E-state index contributed by atoms with van der Waals surface area (Å²) in [5.74, 6) is 0. The van der Waals surface area contributed by atoms with Crippen LogP contribution in [0.25, 0.3) is 0 Å². The van der Waals surface area contributed by atoms with Crippen LogP contribution in [0.3, 0.4) is 0 Å². The van der Waals surface area contributed by atoms with Gasteiger partial charge in [0.2, 0.25) is 0 Å². The second-order valence-electron chi connectivity index (χ2n) is 3.22. The standard InChI is InChI=1S/C10H13N3O/c1-7-5-12-9(4-11)3-10(7)13-8(2)6-14/h3,5,8,14H,6H2,1-2H3,(H,12,13)/t8-/m0/s1. The van der Waals surface area contributed by atoms with Crippen molar-refractivity contribution in [3.8, 4) is 6.07 Å². The number of aliphatic hydroxyl groups is 1. The van der Waals surface area contributed by atoms with Gasteiger partial charge in [0.25, 0.3) is 0 Å². The Hall–Kier alpha value is -1.60. The lowest BCUT2D eigenvalue weighted by molar-refractivity contribution is 0.281. The molecule has 0 saturated carbocycles. The summed E-state index contributed by atoms with van der Waals surface area (Å²) in [6.07, 6.45) is 1.64. The molecule has 0 fully saturated rings. The summed E-state index contributed by atoms with van der Waals surface area (Å²) < 4.78 is 0. The first kappa shape index (κ1) is 10.5. The molecule has 0 radical (unpaired) electrons. The third-order valence-corrected chi connectivity index (χ3v) is 1.89. The van der Waals surface area contributed by atoms with Crippen molar-refractivity contribution in [2.45, 2.75) is 19.9 Å². The smallest absolute Gasteiger partial charge is 0.142 e. The van der Waals surface area contributed by atoms with Gasteiger partial charge in [0.15, 0.2) is 0 Å². The van der Waals surface area contributed by atoms with E-state index in [-0.39, 0.29) is 12.6 Å². The van der Waals surface area contributed by atoms with Gasteiger partial charge in [-0.3, -0.25) is 0 Å². The first-order chi connectivity index (χ1) is 6.67. The maximum atomic E-state index is 8.87. The van der Waals surface area contributed by atoms with E-state index in [1.165, 1.54) is 0 Å². The first-order valence-electron chi connectivity index (χ1n) is 4.41. The van der Waals surface area contributed by atoms with Crippen LogP contribution in [0, 0.1) is 18.3 Å². The lowest BCUT2D eigenvalue weighted by Gasteiger charge is -2.14. The number of rotatable bonds is 3. The molecule has 0 saturated heterocycles. The maximum absolute atomic E-state index is 8.87. The normalized spacial score (nSPS) is 11.9. The van der Waals surface area contributed by atoms with E-state index in [2.05, 4.69) is 10.3 Å². The Labute approximate surface area is 83.2 Å². The van der Waals surface area contributed by atoms with Gasteiger partial charge in [0.05, 0.1) is 6.61 Å². The van der Waals surface area contributed by atoms with Gasteiger partial charge >= 0.3 is 0 Å². The van der Waals surface area contributed by atoms with Crippen LogP contribution in [-0.2, 0) is 0 Å². The Bertz CT molecular complexity index is 357. The lowest BCUT2D eigenvalue weighted by atomic mass is 10.2. The van der Waals surface area contributed by atoms with Crippen molar-refractivity contribution in [2.24, 2.45) is 0 Å². The SMILES string of the molecule is Cc1cnc(C#N)cc1N[C@@H](C)CO. The van der Waals surface area contributed by atoms with Crippen LogP contribution in [0.15, 0.2) is 12.3 Å². The summed E-state index contributed by atoms with van der Waals surface area (Å²) in [6, 6.07) is 3.63. The number of aliphatic hydroxyl groups excluding tert-OH is 1. The average Bonchev–Trinajstić information content (AvgIpc) is 2.21. The van der Waals surface area contributed by atoms with Gasteiger partial charge in [-0.1, -0.05) is 0 Å². The highest BCUT2D eigenvalue weighted by Gasteiger charge is 2.04. The molecule has 0 spiro atoms. The van der Waals surface area contributed by atoms with E-state index >= 15 is 0 Å². The van der Waals surface area contributed by atoms with Gasteiger partial charge in [0, 0.05) is 17.9 Å². The van der Waals surface area contributed by atoms with Gasteiger partial charge in [-0.05, 0) is 25.5 Å². The number of nitriles is 1. The molecular weight excluding hydrogens is 178 g/mol. The number of nitrogens with one attached hydrogen (secondary N) is 1. The fraction of sp³-hybridized carbons (Fsp3) is 0.400. The van der Waals surface area contributed by atoms with E-state index in [0.29, 0.717) is 5.69 Å². The van der Waals surface area contributed by atoms with E-state index in [0.717, 1.165) is 11.3 Å². The number of pyridine rings is 1. The monoisotopic (exact) mass is 191 g/mol. The van der Waals surface area contributed by atoms with Gasteiger partial charge in [0.1, 0.15) is 11.8 Å².